The summed E-state index contributed by atoms with van der Waals surface area (Å²) in [6.45, 7) is 3.19. The molecular formula is C8H11FO. The average Bonchev–Trinajstić information content (AvgIpc) is 1.89. The molecule has 10 heavy (non-hydrogen) atoms. The molecule has 0 fully saturated rings. The van der Waals surface area contributed by atoms with Gasteiger partial charge in [-0.3, -0.25) is 4.79 Å². The van der Waals surface area contributed by atoms with E-state index in [0.29, 0.717) is 6.29 Å². The maximum atomic E-state index is 12.3. The van der Waals surface area contributed by atoms with Crippen LogP contribution in [0, 0.1) is 0 Å². The van der Waals surface area contributed by atoms with Gasteiger partial charge < -0.3 is 0 Å². The number of rotatable bonds is 3. The van der Waals surface area contributed by atoms with Crippen molar-refractivity contribution in [3.8, 4) is 0 Å². The van der Waals surface area contributed by atoms with Crippen molar-refractivity contribution >= 4 is 6.29 Å². The standard InChI is InChI=1S/C8H11FO/c1-3-4-5-8(6-10)7(2)9/h4-6H,3H2,1-2H3/b5-4-,8-7-. The summed E-state index contributed by atoms with van der Waals surface area (Å²) in [4.78, 5) is 10.1. The number of halogens is 1. The minimum Gasteiger partial charge on any atom is -0.298 e. The second-order valence-corrected chi connectivity index (χ2v) is 1.92. The Morgan fingerprint density at radius 1 is 1.60 bits per heavy atom. The van der Waals surface area contributed by atoms with E-state index >= 15 is 0 Å². The fourth-order valence-electron chi connectivity index (χ4n) is 0.480. The third kappa shape index (κ3) is 3.17. The first kappa shape index (κ1) is 9.08. The van der Waals surface area contributed by atoms with Crippen LogP contribution in [0.3, 0.4) is 0 Å². The van der Waals surface area contributed by atoms with E-state index in [-0.39, 0.29) is 5.57 Å². The van der Waals surface area contributed by atoms with Crippen molar-refractivity contribution in [2.45, 2.75) is 20.3 Å². The van der Waals surface area contributed by atoms with Crippen LogP contribution in [0.5, 0.6) is 0 Å². The first-order valence-corrected chi connectivity index (χ1v) is 3.20. The number of allylic oxidation sites excluding steroid dienone is 4. The normalized spacial score (nSPS) is 13.5. The zero-order valence-corrected chi connectivity index (χ0v) is 6.23. The molecule has 2 heteroatoms. The quantitative estimate of drug-likeness (QED) is 0.336. The minimum atomic E-state index is -0.431. The highest BCUT2D eigenvalue weighted by molar-refractivity contribution is 5.77. The molecule has 0 saturated carbocycles. The molecule has 0 rings (SSSR count). The van der Waals surface area contributed by atoms with E-state index in [2.05, 4.69) is 0 Å². The van der Waals surface area contributed by atoms with Crippen molar-refractivity contribution in [3.05, 3.63) is 23.6 Å². The van der Waals surface area contributed by atoms with Gasteiger partial charge in [-0.2, -0.15) is 0 Å². The second-order valence-electron chi connectivity index (χ2n) is 1.92. The zero-order valence-electron chi connectivity index (χ0n) is 6.23. The van der Waals surface area contributed by atoms with Crippen molar-refractivity contribution in [1.82, 2.24) is 0 Å². The van der Waals surface area contributed by atoms with E-state index in [0.717, 1.165) is 6.42 Å². The van der Waals surface area contributed by atoms with Gasteiger partial charge in [-0.25, -0.2) is 4.39 Å². The first-order chi connectivity index (χ1) is 4.72. The molecule has 0 aromatic carbocycles. The van der Waals surface area contributed by atoms with Crippen molar-refractivity contribution in [2.24, 2.45) is 0 Å². The molecule has 0 N–H and O–H groups in total. The zero-order chi connectivity index (χ0) is 7.98. The maximum Gasteiger partial charge on any atom is 0.152 e. The summed E-state index contributed by atoms with van der Waals surface area (Å²) in [5, 5.41) is 0. The van der Waals surface area contributed by atoms with Crippen molar-refractivity contribution < 1.29 is 9.18 Å². The molecule has 0 spiro atoms. The third-order valence-corrected chi connectivity index (χ3v) is 1.06. The van der Waals surface area contributed by atoms with Gasteiger partial charge in [0.05, 0.1) is 0 Å². The van der Waals surface area contributed by atoms with Crippen molar-refractivity contribution in [3.63, 3.8) is 0 Å². The summed E-state index contributed by atoms with van der Waals surface area (Å²) < 4.78 is 12.3. The summed E-state index contributed by atoms with van der Waals surface area (Å²) in [6, 6.07) is 0. The Bertz CT molecular complexity index is 164. The van der Waals surface area contributed by atoms with Gasteiger partial charge in [-0.05, 0) is 13.3 Å². The molecule has 0 unspecified atom stereocenters. The highest BCUT2D eigenvalue weighted by atomic mass is 19.1. The molecule has 0 aliphatic carbocycles. The molecule has 0 heterocycles. The van der Waals surface area contributed by atoms with Crippen LogP contribution in [0.2, 0.25) is 0 Å². The lowest BCUT2D eigenvalue weighted by molar-refractivity contribution is -0.104. The monoisotopic (exact) mass is 142 g/mol. The maximum absolute atomic E-state index is 12.3. The van der Waals surface area contributed by atoms with E-state index in [1.807, 2.05) is 6.92 Å². The number of hydrogen-bond acceptors (Lipinski definition) is 1. The summed E-state index contributed by atoms with van der Waals surface area (Å²) in [5.41, 5.74) is 0.127. The molecule has 0 aromatic rings. The van der Waals surface area contributed by atoms with E-state index < -0.39 is 5.83 Å². The summed E-state index contributed by atoms with van der Waals surface area (Å²) >= 11 is 0. The minimum absolute atomic E-state index is 0.127. The van der Waals surface area contributed by atoms with Gasteiger partial charge in [0.25, 0.3) is 0 Å². The lowest BCUT2D eigenvalue weighted by Gasteiger charge is -1.88. The second kappa shape index (κ2) is 4.91. The van der Waals surface area contributed by atoms with Gasteiger partial charge in [-0.1, -0.05) is 19.1 Å². The fourth-order valence-corrected chi connectivity index (χ4v) is 0.480. The van der Waals surface area contributed by atoms with Crippen LogP contribution in [-0.2, 0) is 4.79 Å². The number of carbonyl (C=O) groups is 1. The van der Waals surface area contributed by atoms with E-state index in [4.69, 9.17) is 0 Å². The number of carbonyl (C=O) groups excluding carboxylic acids is 1. The topological polar surface area (TPSA) is 17.1 Å². The summed E-state index contributed by atoms with van der Waals surface area (Å²) in [5.74, 6) is -0.431. The Hall–Kier alpha value is -0.920. The number of hydrogen-bond donors (Lipinski definition) is 0. The van der Waals surface area contributed by atoms with Crippen LogP contribution < -0.4 is 0 Å². The van der Waals surface area contributed by atoms with Crippen LogP contribution in [0.1, 0.15) is 20.3 Å². The smallest absolute Gasteiger partial charge is 0.152 e. The first-order valence-electron chi connectivity index (χ1n) is 3.20. The van der Waals surface area contributed by atoms with Gasteiger partial charge in [0.2, 0.25) is 0 Å². The average molecular weight is 142 g/mol. The predicted molar refractivity (Wildman–Crippen MR) is 39.3 cm³/mol. The molecule has 1 nitrogen and oxygen atoms in total. The van der Waals surface area contributed by atoms with E-state index in [1.54, 1.807) is 6.08 Å². The van der Waals surface area contributed by atoms with Crippen LogP contribution in [0.15, 0.2) is 23.6 Å². The molecule has 0 amide bonds. The fraction of sp³-hybridized carbons (Fsp3) is 0.375. The largest absolute Gasteiger partial charge is 0.298 e. The molecule has 0 aliphatic heterocycles. The van der Waals surface area contributed by atoms with E-state index in [1.165, 1.54) is 13.0 Å². The molecule has 0 saturated heterocycles. The van der Waals surface area contributed by atoms with Gasteiger partial charge >= 0.3 is 0 Å². The Kier molecular flexibility index (Phi) is 4.46. The van der Waals surface area contributed by atoms with Crippen LogP contribution in [-0.4, -0.2) is 6.29 Å². The summed E-state index contributed by atoms with van der Waals surface area (Å²) in [6.07, 6.45) is 4.56. The van der Waals surface area contributed by atoms with E-state index in [9.17, 15) is 9.18 Å². The SMILES string of the molecule is CC/C=C\C(C=O)=C(/C)F. The highest BCUT2D eigenvalue weighted by Gasteiger charge is 1.93. The lowest BCUT2D eigenvalue weighted by atomic mass is 10.2. The van der Waals surface area contributed by atoms with Crippen molar-refractivity contribution in [1.29, 1.82) is 0 Å². The Labute approximate surface area is 60.2 Å². The lowest BCUT2D eigenvalue weighted by Crippen LogP contribution is -1.80. The van der Waals surface area contributed by atoms with Crippen molar-refractivity contribution in [2.75, 3.05) is 0 Å². The Morgan fingerprint density at radius 3 is 2.50 bits per heavy atom. The molecule has 0 aliphatic rings. The molecule has 56 valence electrons. The highest BCUT2D eigenvalue weighted by Crippen LogP contribution is 2.03. The van der Waals surface area contributed by atoms with Gasteiger partial charge in [0.15, 0.2) is 6.29 Å². The molecule has 0 bridgehead atoms. The Morgan fingerprint density at radius 2 is 2.20 bits per heavy atom. The van der Waals surface area contributed by atoms with Gasteiger partial charge in [0.1, 0.15) is 5.83 Å². The predicted octanol–water partition coefficient (Wildman–Crippen LogP) is 2.40. The molecule has 0 radical (unpaired) electrons. The van der Waals surface area contributed by atoms with Crippen LogP contribution in [0.4, 0.5) is 4.39 Å². The van der Waals surface area contributed by atoms with Crippen LogP contribution in [0.25, 0.3) is 0 Å². The van der Waals surface area contributed by atoms with Crippen LogP contribution >= 0.6 is 0 Å². The number of aldehydes is 1. The Balaban J connectivity index is 4.24. The molecule has 0 atom stereocenters. The third-order valence-electron chi connectivity index (χ3n) is 1.06. The summed E-state index contributed by atoms with van der Waals surface area (Å²) in [7, 11) is 0. The van der Waals surface area contributed by atoms with Gasteiger partial charge in [-0.15, -0.1) is 0 Å². The van der Waals surface area contributed by atoms with Gasteiger partial charge in [0, 0.05) is 5.57 Å². The molecule has 0 aromatic heterocycles. The molecular weight excluding hydrogens is 131 g/mol.